The van der Waals surface area contributed by atoms with Gasteiger partial charge in [0.2, 0.25) is 13.3 Å². The molecule has 3 fully saturated rings. The molecule has 3 rings (SSSR count). The lowest BCUT2D eigenvalue weighted by Crippen LogP contribution is -2.36. The lowest BCUT2D eigenvalue weighted by molar-refractivity contribution is -0.116. The van der Waals surface area contributed by atoms with Gasteiger partial charge in [0.05, 0.1) is 0 Å². The maximum absolute atomic E-state index is 11.4. The molecule has 3 aliphatic rings. The topological polar surface area (TPSA) is 32.3 Å². The summed E-state index contributed by atoms with van der Waals surface area (Å²) in [6.45, 7) is 5.94. The first kappa shape index (κ1) is 17.1. The van der Waals surface area contributed by atoms with Crippen molar-refractivity contribution in [3.8, 4) is 0 Å². The van der Waals surface area contributed by atoms with Crippen LogP contribution in [0.25, 0.3) is 0 Å². The molecular formula is C19H33BN2O. The van der Waals surface area contributed by atoms with Gasteiger partial charge in [-0.25, -0.2) is 0 Å². The Kier molecular flexibility index (Phi) is 6.21. The summed E-state index contributed by atoms with van der Waals surface area (Å²) < 4.78 is 0. The standard InChI is InChI=1S/C19H33BN2O/c1-2-18(23)21-19-16-13-22(14-17(16)19)20-15-11-9-7-5-3-4-6-8-10-12-15/h2,15-17,19-20H,1,3-14H2,(H,21,23)/t16-,17+,19?. The molecular weight excluding hydrogens is 283 g/mol. The first-order valence-corrected chi connectivity index (χ1v) is 9.93. The number of hydrogen-bond acceptors (Lipinski definition) is 2. The van der Waals surface area contributed by atoms with Gasteiger partial charge >= 0.3 is 0 Å². The van der Waals surface area contributed by atoms with Crippen LogP contribution in [0, 0.1) is 11.8 Å². The second-order valence-electron chi connectivity index (χ2n) is 8.06. The second-order valence-corrected chi connectivity index (χ2v) is 8.06. The first-order valence-electron chi connectivity index (χ1n) is 9.93. The van der Waals surface area contributed by atoms with Gasteiger partial charge < -0.3 is 10.1 Å². The second kappa shape index (κ2) is 8.37. The highest BCUT2D eigenvalue weighted by Gasteiger charge is 2.56. The van der Waals surface area contributed by atoms with Gasteiger partial charge in [-0.3, -0.25) is 4.79 Å². The molecule has 0 radical (unpaired) electrons. The number of nitrogens with zero attached hydrogens (tertiary/aromatic N) is 1. The minimum Gasteiger partial charge on any atom is -0.349 e. The number of hydrogen-bond donors (Lipinski definition) is 1. The van der Waals surface area contributed by atoms with Crippen molar-refractivity contribution in [3.05, 3.63) is 12.7 Å². The summed E-state index contributed by atoms with van der Waals surface area (Å²) in [6, 6.07) is 0.435. The number of fused-ring (bicyclic) bond motifs is 1. The van der Waals surface area contributed by atoms with Crippen LogP contribution in [0.4, 0.5) is 0 Å². The molecule has 2 aliphatic carbocycles. The molecule has 1 N–H and O–H groups in total. The van der Waals surface area contributed by atoms with Crippen molar-refractivity contribution in [2.45, 2.75) is 76.1 Å². The van der Waals surface area contributed by atoms with Crippen molar-refractivity contribution < 1.29 is 4.79 Å². The van der Waals surface area contributed by atoms with Crippen LogP contribution in [0.3, 0.4) is 0 Å². The maximum Gasteiger partial charge on any atom is 0.243 e. The largest absolute Gasteiger partial charge is 0.349 e. The van der Waals surface area contributed by atoms with E-state index in [1.54, 1.807) is 0 Å². The van der Waals surface area contributed by atoms with Crippen LogP contribution in [-0.2, 0) is 4.79 Å². The van der Waals surface area contributed by atoms with Crippen LogP contribution < -0.4 is 5.32 Å². The van der Waals surface area contributed by atoms with E-state index in [-0.39, 0.29) is 5.91 Å². The highest BCUT2D eigenvalue weighted by molar-refractivity contribution is 6.34. The summed E-state index contributed by atoms with van der Waals surface area (Å²) in [6.07, 6.45) is 15.8. The Hall–Kier alpha value is -0.765. The fourth-order valence-electron chi connectivity index (χ4n) is 4.82. The minimum absolute atomic E-state index is 0.000603. The fraction of sp³-hybridized carbons (Fsp3) is 0.842. The van der Waals surface area contributed by atoms with Gasteiger partial charge in [-0.1, -0.05) is 76.6 Å². The molecule has 0 spiro atoms. The van der Waals surface area contributed by atoms with E-state index in [4.69, 9.17) is 0 Å². The number of nitrogens with one attached hydrogen (secondary N) is 1. The Labute approximate surface area is 142 Å². The van der Waals surface area contributed by atoms with Gasteiger partial charge in [0, 0.05) is 6.04 Å². The Morgan fingerprint density at radius 3 is 2.00 bits per heavy atom. The van der Waals surface area contributed by atoms with Crippen molar-refractivity contribution in [2.75, 3.05) is 13.1 Å². The molecule has 0 bridgehead atoms. The minimum atomic E-state index is -0.000603. The normalized spacial score (nSPS) is 33.3. The Bertz CT molecular complexity index is 390. The highest BCUT2D eigenvalue weighted by atomic mass is 16.1. The Morgan fingerprint density at radius 1 is 0.957 bits per heavy atom. The van der Waals surface area contributed by atoms with Crippen molar-refractivity contribution in [2.24, 2.45) is 11.8 Å². The predicted molar refractivity (Wildman–Crippen MR) is 97.7 cm³/mol. The molecule has 1 amide bonds. The summed E-state index contributed by atoms with van der Waals surface area (Å²) in [5.74, 6) is 2.33. The molecule has 1 aliphatic heterocycles. The van der Waals surface area contributed by atoms with Gasteiger partial charge in [-0.05, 0) is 31.0 Å². The molecule has 0 aromatic carbocycles. The van der Waals surface area contributed by atoms with Crippen molar-refractivity contribution in [3.63, 3.8) is 0 Å². The molecule has 0 aromatic heterocycles. The Balaban J connectivity index is 1.39. The van der Waals surface area contributed by atoms with Crippen LogP contribution in [0.1, 0.15) is 64.2 Å². The smallest absolute Gasteiger partial charge is 0.243 e. The summed E-state index contributed by atoms with van der Waals surface area (Å²) >= 11 is 0. The molecule has 4 heteroatoms. The van der Waals surface area contributed by atoms with E-state index in [0.717, 1.165) is 5.82 Å². The van der Waals surface area contributed by atoms with Crippen molar-refractivity contribution in [1.82, 2.24) is 10.1 Å². The number of rotatable bonds is 4. The quantitative estimate of drug-likeness (QED) is 0.638. The van der Waals surface area contributed by atoms with E-state index < -0.39 is 0 Å². The molecule has 3 nitrogen and oxygen atoms in total. The molecule has 1 saturated heterocycles. The van der Waals surface area contributed by atoms with Crippen LogP contribution in [-0.4, -0.2) is 37.3 Å². The van der Waals surface area contributed by atoms with Gasteiger partial charge in [0.15, 0.2) is 0 Å². The van der Waals surface area contributed by atoms with Crippen LogP contribution in [0.15, 0.2) is 12.7 Å². The molecule has 128 valence electrons. The zero-order chi connectivity index (χ0) is 16.1. The molecule has 2 saturated carbocycles. The summed E-state index contributed by atoms with van der Waals surface area (Å²) in [4.78, 5) is 14.1. The van der Waals surface area contributed by atoms with Crippen LogP contribution in [0.2, 0.25) is 5.82 Å². The van der Waals surface area contributed by atoms with E-state index >= 15 is 0 Å². The van der Waals surface area contributed by atoms with E-state index in [2.05, 4.69) is 16.7 Å². The van der Waals surface area contributed by atoms with Gasteiger partial charge in [0.1, 0.15) is 0 Å². The number of carbonyl (C=O) groups is 1. The zero-order valence-corrected chi connectivity index (χ0v) is 14.6. The maximum atomic E-state index is 11.4. The van der Waals surface area contributed by atoms with Crippen molar-refractivity contribution in [1.29, 1.82) is 0 Å². The number of piperidine rings is 1. The first-order chi connectivity index (χ1) is 11.3. The summed E-state index contributed by atoms with van der Waals surface area (Å²) in [5.41, 5.74) is 0. The number of carbonyl (C=O) groups excluding carboxylic acids is 1. The van der Waals surface area contributed by atoms with Gasteiger partial charge in [-0.2, -0.15) is 0 Å². The summed E-state index contributed by atoms with van der Waals surface area (Å²) in [5, 5.41) is 3.09. The SMILES string of the molecule is C=CC(=O)NC1[C@H]2CN(BC3CCCCCCCCCC3)C[C@@H]12. The van der Waals surface area contributed by atoms with E-state index in [1.165, 1.54) is 90.8 Å². The predicted octanol–water partition coefficient (Wildman–Crippen LogP) is 3.27. The molecule has 3 atom stereocenters. The lowest BCUT2D eigenvalue weighted by Gasteiger charge is -2.24. The van der Waals surface area contributed by atoms with Crippen molar-refractivity contribution >= 4 is 13.3 Å². The summed E-state index contributed by atoms with van der Waals surface area (Å²) in [7, 11) is 1.30. The molecule has 1 heterocycles. The molecule has 0 aromatic rings. The number of amides is 1. The highest BCUT2D eigenvalue weighted by Crippen LogP contribution is 2.45. The van der Waals surface area contributed by atoms with Gasteiger partial charge in [-0.15, -0.1) is 0 Å². The van der Waals surface area contributed by atoms with E-state index in [0.29, 0.717) is 17.9 Å². The Morgan fingerprint density at radius 2 is 1.48 bits per heavy atom. The van der Waals surface area contributed by atoms with Crippen LogP contribution >= 0.6 is 0 Å². The third-order valence-corrected chi connectivity index (χ3v) is 6.26. The zero-order valence-electron chi connectivity index (χ0n) is 14.6. The monoisotopic (exact) mass is 316 g/mol. The third kappa shape index (κ3) is 4.85. The van der Waals surface area contributed by atoms with Gasteiger partial charge in [0.25, 0.3) is 0 Å². The molecule has 1 unspecified atom stereocenters. The third-order valence-electron chi connectivity index (χ3n) is 6.26. The van der Waals surface area contributed by atoms with E-state index in [9.17, 15) is 4.79 Å². The average Bonchev–Trinajstić information content (AvgIpc) is 2.98. The van der Waals surface area contributed by atoms with E-state index in [1.807, 2.05) is 0 Å². The van der Waals surface area contributed by atoms with Crippen LogP contribution in [0.5, 0.6) is 0 Å². The average molecular weight is 316 g/mol. The lowest BCUT2D eigenvalue weighted by atomic mass is 9.68. The molecule has 23 heavy (non-hydrogen) atoms. The fourth-order valence-corrected chi connectivity index (χ4v) is 4.82.